The van der Waals surface area contributed by atoms with E-state index < -0.39 is 0 Å². The van der Waals surface area contributed by atoms with Crippen molar-refractivity contribution in [3.05, 3.63) is 40.5 Å². The molecule has 0 fully saturated rings. The maximum atomic E-state index is 5.60. The van der Waals surface area contributed by atoms with Crippen molar-refractivity contribution in [2.75, 3.05) is 17.7 Å². The molecule has 0 saturated carbocycles. The van der Waals surface area contributed by atoms with Gasteiger partial charge in [-0.25, -0.2) is 4.98 Å². The normalized spacial score (nSPS) is 10.3. The lowest BCUT2D eigenvalue weighted by atomic mass is 10.2. The van der Waals surface area contributed by atoms with E-state index in [4.69, 9.17) is 5.73 Å². The second-order valence-corrected chi connectivity index (χ2v) is 4.65. The Labute approximate surface area is 109 Å². The summed E-state index contributed by atoms with van der Waals surface area (Å²) in [4.78, 5) is 10.1. The zero-order chi connectivity index (χ0) is 12.4. The van der Waals surface area contributed by atoms with Crippen LogP contribution in [0.25, 0.3) is 0 Å². The zero-order valence-corrected chi connectivity index (χ0v) is 11.3. The molecule has 17 heavy (non-hydrogen) atoms. The van der Waals surface area contributed by atoms with E-state index in [9.17, 15) is 0 Å². The third-order valence-corrected chi connectivity index (χ3v) is 3.01. The first-order valence-corrected chi connectivity index (χ1v) is 5.95. The minimum absolute atomic E-state index is 0.266. The minimum Gasteiger partial charge on any atom is -0.368 e. The molecule has 5 heteroatoms. The van der Waals surface area contributed by atoms with Gasteiger partial charge in [-0.2, -0.15) is 4.98 Å². The first-order valence-electron chi connectivity index (χ1n) is 5.16. The Morgan fingerprint density at radius 3 is 2.82 bits per heavy atom. The van der Waals surface area contributed by atoms with Gasteiger partial charge in [-0.1, -0.05) is 12.1 Å². The summed E-state index contributed by atoms with van der Waals surface area (Å²) in [6.07, 6.45) is 1.66. The Hall–Kier alpha value is -1.62. The molecule has 0 aliphatic rings. The molecule has 0 aliphatic carbocycles. The number of aryl methyl sites for hydroxylation is 1. The van der Waals surface area contributed by atoms with E-state index in [1.54, 1.807) is 6.20 Å². The van der Waals surface area contributed by atoms with Crippen LogP contribution in [0.15, 0.2) is 34.9 Å². The lowest BCUT2D eigenvalue weighted by molar-refractivity contribution is 1.08. The number of nitrogens with zero attached hydrogens (tertiary/aromatic N) is 3. The minimum atomic E-state index is 0.266. The summed E-state index contributed by atoms with van der Waals surface area (Å²) in [6, 6.07) is 8.18. The molecule has 1 aromatic heterocycles. The van der Waals surface area contributed by atoms with Crippen LogP contribution in [0, 0.1) is 6.92 Å². The summed E-state index contributed by atoms with van der Waals surface area (Å²) in [5.41, 5.74) is 7.86. The molecular weight excluding hydrogens is 280 g/mol. The van der Waals surface area contributed by atoms with Gasteiger partial charge in [0.1, 0.15) is 0 Å². The molecule has 0 atom stereocenters. The van der Waals surface area contributed by atoms with Crippen molar-refractivity contribution in [3.8, 4) is 0 Å². The maximum absolute atomic E-state index is 5.60. The molecule has 0 spiro atoms. The monoisotopic (exact) mass is 292 g/mol. The SMILES string of the molecule is Cc1cccc(N(C)c2nc(N)ncc2Br)c1. The van der Waals surface area contributed by atoms with Crippen LogP contribution >= 0.6 is 15.9 Å². The fourth-order valence-electron chi connectivity index (χ4n) is 1.57. The highest BCUT2D eigenvalue weighted by Gasteiger charge is 2.10. The van der Waals surface area contributed by atoms with Gasteiger partial charge in [-0.15, -0.1) is 0 Å². The fourth-order valence-corrected chi connectivity index (χ4v) is 2.02. The maximum Gasteiger partial charge on any atom is 0.222 e. The number of nitrogen functional groups attached to an aromatic ring is 1. The predicted octanol–water partition coefficient (Wildman–Crippen LogP) is 2.90. The average molecular weight is 293 g/mol. The van der Waals surface area contributed by atoms with Gasteiger partial charge in [0, 0.05) is 18.9 Å². The van der Waals surface area contributed by atoms with E-state index in [2.05, 4.69) is 45.0 Å². The summed E-state index contributed by atoms with van der Waals surface area (Å²) in [5.74, 6) is 1.02. The van der Waals surface area contributed by atoms with Gasteiger partial charge in [0.05, 0.1) is 4.47 Å². The van der Waals surface area contributed by atoms with Crippen molar-refractivity contribution in [1.29, 1.82) is 0 Å². The van der Waals surface area contributed by atoms with Crippen LogP contribution in [-0.4, -0.2) is 17.0 Å². The number of aromatic nitrogens is 2. The summed E-state index contributed by atoms with van der Waals surface area (Å²) >= 11 is 3.42. The first-order chi connectivity index (χ1) is 8.08. The van der Waals surface area contributed by atoms with Gasteiger partial charge in [0.2, 0.25) is 5.95 Å². The third-order valence-electron chi connectivity index (χ3n) is 2.45. The summed E-state index contributed by atoms with van der Waals surface area (Å²) in [7, 11) is 1.95. The number of halogens is 1. The van der Waals surface area contributed by atoms with Gasteiger partial charge in [0.15, 0.2) is 5.82 Å². The molecule has 2 rings (SSSR count). The molecule has 0 bridgehead atoms. The Kier molecular flexibility index (Phi) is 3.28. The number of hydrogen-bond donors (Lipinski definition) is 1. The molecule has 2 N–H and O–H groups in total. The van der Waals surface area contributed by atoms with Crippen LogP contribution in [0.4, 0.5) is 17.5 Å². The van der Waals surface area contributed by atoms with Crippen LogP contribution in [0.3, 0.4) is 0 Å². The molecule has 2 aromatic rings. The lowest BCUT2D eigenvalue weighted by Crippen LogP contribution is -2.13. The van der Waals surface area contributed by atoms with Crippen molar-refractivity contribution in [3.63, 3.8) is 0 Å². The van der Waals surface area contributed by atoms with Crippen LogP contribution in [0.5, 0.6) is 0 Å². The van der Waals surface area contributed by atoms with Crippen LogP contribution in [0.1, 0.15) is 5.56 Å². The van der Waals surface area contributed by atoms with Crippen LogP contribution in [0.2, 0.25) is 0 Å². The number of rotatable bonds is 2. The molecular formula is C12H13BrN4. The highest BCUT2D eigenvalue weighted by atomic mass is 79.9. The molecule has 1 aromatic carbocycles. The largest absolute Gasteiger partial charge is 0.368 e. The summed E-state index contributed by atoms with van der Waals surface area (Å²) in [5, 5.41) is 0. The summed E-state index contributed by atoms with van der Waals surface area (Å²) < 4.78 is 0.815. The highest BCUT2D eigenvalue weighted by Crippen LogP contribution is 2.29. The Morgan fingerprint density at radius 2 is 2.12 bits per heavy atom. The third kappa shape index (κ3) is 2.55. The van der Waals surface area contributed by atoms with Gasteiger partial charge < -0.3 is 10.6 Å². The van der Waals surface area contributed by atoms with E-state index in [0.29, 0.717) is 0 Å². The quantitative estimate of drug-likeness (QED) is 0.925. The van der Waals surface area contributed by atoms with Crippen molar-refractivity contribution < 1.29 is 0 Å². The molecule has 0 unspecified atom stereocenters. The smallest absolute Gasteiger partial charge is 0.222 e. The molecule has 0 aliphatic heterocycles. The molecule has 0 saturated heterocycles. The lowest BCUT2D eigenvalue weighted by Gasteiger charge is -2.19. The predicted molar refractivity (Wildman–Crippen MR) is 73.4 cm³/mol. The van der Waals surface area contributed by atoms with E-state index in [1.807, 2.05) is 24.1 Å². The van der Waals surface area contributed by atoms with Crippen molar-refractivity contribution in [1.82, 2.24) is 9.97 Å². The molecule has 1 heterocycles. The topological polar surface area (TPSA) is 55.0 Å². The zero-order valence-electron chi connectivity index (χ0n) is 9.68. The van der Waals surface area contributed by atoms with E-state index in [0.717, 1.165) is 16.0 Å². The van der Waals surface area contributed by atoms with Gasteiger partial charge in [0.25, 0.3) is 0 Å². The first kappa shape index (κ1) is 11.9. The van der Waals surface area contributed by atoms with Crippen molar-refractivity contribution in [2.24, 2.45) is 0 Å². The number of anilines is 3. The molecule has 0 amide bonds. The molecule has 0 radical (unpaired) electrons. The van der Waals surface area contributed by atoms with Gasteiger partial charge >= 0.3 is 0 Å². The van der Waals surface area contributed by atoms with Crippen molar-refractivity contribution >= 4 is 33.4 Å². The van der Waals surface area contributed by atoms with Crippen LogP contribution in [-0.2, 0) is 0 Å². The van der Waals surface area contributed by atoms with Gasteiger partial charge in [-0.05, 0) is 40.5 Å². The van der Waals surface area contributed by atoms with Gasteiger partial charge in [-0.3, -0.25) is 0 Å². The average Bonchev–Trinajstić information content (AvgIpc) is 2.31. The fraction of sp³-hybridized carbons (Fsp3) is 0.167. The Morgan fingerprint density at radius 1 is 1.35 bits per heavy atom. The van der Waals surface area contributed by atoms with E-state index in [-0.39, 0.29) is 5.95 Å². The van der Waals surface area contributed by atoms with E-state index in [1.165, 1.54) is 5.56 Å². The Balaban J connectivity index is 2.43. The molecule has 4 nitrogen and oxygen atoms in total. The number of nitrogens with two attached hydrogens (primary N) is 1. The van der Waals surface area contributed by atoms with Crippen molar-refractivity contribution in [2.45, 2.75) is 6.92 Å². The highest BCUT2D eigenvalue weighted by molar-refractivity contribution is 9.10. The Bertz CT molecular complexity index is 542. The van der Waals surface area contributed by atoms with Crippen LogP contribution < -0.4 is 10.6 Å². The standard InChI is InChI=1S/C12H13BrN4/c1-8-4-3-5-9(6-8)17(2)11-10(13)7-15-12(14)16-11/h3-7H,1-2H3,(H2,14,15,16). The number of hydrogen-bond acceptors (Lipinski definition) is 4. The number of benzene rings is 1. The van der Waals surface area contributed by atoms with E-state index >= 15 is 0 Å². The second kappa shape index (κ2) is 4.71. The summed E-state index contributed by atoms with van der Waals surface area (Å²) in [6.45, 7) is 2.06. The molecule has 88 valence electrons. The second-order valence-electron chi connectivity index (χ2n) is 3.80.